The molecule has 4 aromatic rings. The Morgan fingerprint density at radius 1 is 0.929 bits per heavy atom. The molecule has 0 unspecified atom stereocenters. The standard InChI is InChI=1S/C23H22N4O/c1-16-9-11-19(12-10-16)27-23(26-13-4-5-14-26)20(15-24-27)22(28)25-21-8-6-7-17(2)18(21)3/h4-15H,1-3H3,(H,25,28). The minimum Gasteiger partial charge on any atom is -0.322 e. The molecule has 0 fully saturated rings. The van der Waals surface area contributed by atoms with Crippen molar-refractivity contribution in [3.05, 3.63) is 95.4 Å². The van der Waals surface area contributed by atoms with Gasteiger partial charge < -0.3 is 9.88 Å². The summed E-state index contributed by atoms with van der Waals surface area (Å²) in [5.41, 5.74) is 5.60. The molecule has 1 amide bonds. The average molecular weight is 370 g/mol. The van der Waals surface area contributed by atoms with Gasteiger partial charge in [-0.1, -0.05) is 29.8 Å². The largest absolute Gasteiger partial charge is 0.322 e. The summed E-state index contributed by atoms with van der Waals surface area (Å²) in [7, 11) is 0. The first-order valence-corrected chi connectivity index (χ1v) is 9.20. The fraction of sp³-hybridized carbons (Fsp3) is 0.130. The second-order valence-electron chi connectivity index (χ2n) is 6.92. The van der Waals surface area contributed by atoms with Gasteiger partial charge in [0.15, 0.2) is 5.82 Å². The molecule has 0 aliphatic carbocycles. The zero-order valence-electron chi connectivity index (χ0n) is 16.2. The maximum atomic E-state index is 13.1. The first-order chi connectivity index (χ1) is 13.5. The van der Waals surface area contributed by atoms with Gasteiger partial charge in [-0.25, -0.2) is 4.68 Å². The number of rotatable bonds is 4. The highest BCUT2D eigenvalue weighted by molar-refractivity contribution is 6.06. The SMILES string of the molecule is Cc1ccc(-n2ncc(C(=O)Nc3cccc(C)c3C)c2-n2cccc2)cc1. The Labute approximate surface area is 164 Å². The van der Waals surface area contributed by atoms with Gasteiger partial charge in [-0.3, -0.25) is 4.79 Å². The summed E-state index contributed by atoms with van der Waals surface area (Å²) in [5.74, 6) is 0.521. The van der Waals surface area contributed by atoms with Crippen LogP contribution >= 0.6 is 0 Å². The predicted octanol–water partition coefficient (Wildman–Crippen LogP) is 4.84. The van der Waals surface area contributed by atoms with Gasteiger partial charge in [-0.2, -0.15) is 5.10 Å². The predicted molar refractivity (Wildman–Crippen MR) is 111 cm³/mol. The molecule has 0 saturated heterocycles. The molecule has 5 heteroatoms. The van der Waals surface area contributed by atoms with Crippen molar-refractivity contribution in [2.75, 3.05) is 5.32 Å². The van der Waals surface area contributed by atoms with E-state index < -0.39 is 0 Å². The van der Waals surface area contributed by atoms with E-state index in [9.17, 15) is 4.79 Å². The molecule has 0 bridgehead atoms. The number of carbonyl (C=O) groups is 1. The average Bonchev–Trinajstić information content (AvgIpc) is 3.35. The maximum absolute atomic E-state index is 13.1. The third-order valence-corrected chi connectivity index (χ3v) is 4.97. The van der Waals surface area contributed by atoms with Crippen LogP contribution in [0.2, 0.25) is 0 Å². The Balaban J connectivity index is 1.78. The van der Waals surface area contributed by atoms with Crippen LogP contribution in [-0.2, 0) is 0 Å². The normalized spacial score (nSPS) is 10.8. The highest BCUT2D eigenvalue weighted by atomic mass is 16.1. The molecule has 0 radical (unpaired) electrons. The Morgan fingerprint density at radius 3 is 2.36 bits per heavy atom. The monoisotopic (exact) mass is 370 g/mol. The second-order valence-corrected chi connectivity index (χ2v) is 6.92. The lowest BCUT2D eigenvalue weighted by Gasteiger charge is -2.13. The van der Waals surface area contributed by atoms with E-state index in [1.807, 2.05) is 92.3 Å². The summed E-state index contributed by atoms with van der Waals surface area (Å²) in [6.07, 6.45) is 5.45. The van der Waals surface area contributed by atoms with Crippen molar-refractivity contribution in [2.45, 2.75) is 20.8 Å². The van der Waals surface area contributed by atoms with Crippen molar-refractivity contribution < 1.29 is 4.79 Å². The topological polar surface area (TPSA) is 51.9 Å². The molecule has 1 N–H and O–H groups in total. The zero-order chi connectivity index (χ0) is 19.7. The third-order valence-electron chi connectivity index (χ3n) is 4.97. The van der Waals surface area contributed by atoms with Crippen LogP contribution in [0.15, 0.2) is 73.2 Å². The number of hydrogen-bond acceptors (Lipinski definition) is 2. The molecule has 0 spiro atoms. The van der Waals surface area contributed by atoms with E-state index in [0.29, 0.717) is 11.4 Å². The smallest absolute Gasteiger partial charge is 0.261 e. The van der Waals surface area contributed by atoms with E-state index in [0.717, 1.165) is 22.5 Å². The molecule has 2 aromatic heterocycles. The third kappa shape index (κ3) is 3.22. The summed E-state index contributed by atoms with van der Waals surface area (Å²) >= 11 is 0. The van der Waals surface area contributed by atoms with Gasteiger partial charge in [0.1, 0.15) is 5.56 Å². The number of nitrogens with zero attached hydrogens (tertiary/aromatic N) is 3. The lowest BCUT2D eigenvalue weighted by molar-refractivity contribution is 0.102. The van der Waals surface area contributed by atoms with Crippen LogP contribution in [0.5, 0.6) is 0 Å². The Morgan fingerprint density at radius 2 is 1.64 bits per heavy atom. The van der Waals surface area contributed by atoms with E-state index in [4.69, 9.17) is 0 Å². The highest BCUT2D eigenvalue weighted by Crippen LogP contribution is 2.23. The van der Waals surface area contributed by atoms with Gasteiger partial charge in [0.2, 0.25) is 0 Å². The number of benzene rings is 2. The minimum absolute atomic E-state index is 0.184. The fourth-order valence-electron chi connectivity index (χ4n) is 3.18. The van der Waals surface area contributed by atoms with Crippen molar-refractivity contribution in [1.29, 1.82) is 0 Å². The Kier molecular flexibility index (Phi) is 4.57. The van der Waals surface area contributed by atoms with Crippen LogP contribution in [0.3, 0.4) is 0 Å². The van der Waals surface area contributed by atoms with E-state index in [-0.39, 0.29) is 5.91 Å². The fourth-order valence-corrected chi connectivity index (χ4v) is 3.18. The summed E-state index contributed by atoms with van der Waals surface area (Å²) < 4.78 is 3.70. The summed E-state index contributed by atoms with van der Waals surface area (Å²) in [6.45, 7) is 6.09. The molecule has 28 heavy (non-hydrogen) atoms. The number of carbonyl (C=O) groups excluding carboxylic acids is 1. The Hall–Kier alpha value is -3.60. The van der Waals surface area contributed by atoms with Crippen LogP contribution in [0.25, 0.3) is 11.5 Å². The van der Waals surface area contributed by atoms with E-state index >= 15 is 0 Å². The van der Waals surface area contributed by atoms with Gasteiger partial charge in [-0.15, -0.1) is 0 Å². The van der Waals surface area contributed by atoms with Crippen LogP contribution in [0.4, 0.5) is 5.69 Å². The number of hydrogen-bond donors (Lipinski definition) is 1. The van der Waals surface area contributed by atoms with Gasteiger partial charge in [0, 0.05) is 18.1 Å². The molecule has 140 valence electrons. The van der Waals surface area contributed by atoms with E-state index in [2.05, 4.69) is 10.4 Å². The van der Waals surface area contributed by atoms with Crippen molar-refractivity contribution in [3.8, 4) is 11.5 Å². The van der Waals surface area contributed by atoms with Gasteiger partial charge in [0.25, 0.3) is 5.91 Å². The first kappa shape index (κ1) is 17.8. The van der Waals surface area contributed by atoms with Gasteiger partial charge in [0.05, 0.1) is 11.9 Å². The molecule has 0 aliphatic heterocycles. The molecular weight excluding hydrogens is 348 g/mol. The highest BCUT2D eigenvalue weighted by Gasteiger charge is 2.20. The maximum Gasteiger partial charge on any atom is 0.261 e. The minimum atomic E-state index is -0.184. The molecule has 2 heterocycles. The summed E-state index contributed by atoms with van der Waals surface area (Å²) in [4.78, 5) is 13.1. The molecule has 0 aliphatic rings. The van der Waals surface area contributed by atoms with Crippen molar-refractivity contribution in [1.82, 2.24) is 14.3 Å². The summed E-state index contributed by atoms with van der Waals surface area (Å²) in [5, 5.41) is 7.55. The van der Waals surface area contributed by atoms with Gasteiger partial charge in [-0.05, 0) is 62.2 Å². The lowest BCUT2D eigenvalue weighted by Crippen LogP contribution is -2.16. The number of amides is 1. The van der Waals surface area contributed by atoms with Crippen LogP contribution < -0.4 is 5.32 Å². The quantitative estimate of drug-likeness (QED) is 0.559. The van der Waals surface area contributed by atoms with Crippen molar-refractivity contribution in [3.63, 3.8) is 0 Å². The van der Waals surface area contributed by atoms with Crippen molar-refractivity contribution >= 4 is 11.6 Å². The number of anilines is 1. The number of aromatic nitrogens is 3. The van der Waals surface area contributed by atoms with E-state index in [1.54, 1.807) is 10.9 Å². The van der Waals surface area contributed by atoms with E-state index in [1.165, 1.54) is 5.56 Å². The number of nitrogens with one attached hydrogen (secondary N) is 1. The molecular formula is C23H22N4O. The van der Waals surface area contributed by atoms with Gasteiger partial charge >= 0.3 is 0 Å². The molecule has 2 aromatic carbocycles. The zero-order valence-corrected chi connectivity index (χ0v) is 16.2. The molecule has 0 saturated carbocycles. The van der Waals surface area contributed by atoms with Crippen LogP contribution in [-0.4, -0.2) is 20.3 Å². The number of aryl methyl sites for hydroxylation is 2. The lowest BCUT2D eigenvalue weighted by atomic mass is 10.1. The first-order valence-electron chi connectivity index (χ1n) is 9.20. The Bertz CT molecular complexity index is 1120. The molecule has 5 nitrogen and oxygen atoms in total. The van der Waals surface area contributed by atoms with Crippen LogP contribution in [0, 0.1) is 20.8 Å². The second kappa shape index (κ2) is 7.19. The van der Waals surface area contributed by atoms with Crippen molar-refractivity contribution in [2.24, 2.45) is 0 Å². The molecule has 4 rings (SSSR count). The summed E-state index contributed by atoms with van der Waals surface area (Å²) in [6, 6.07) is 17.8. The van der Waals surface area contributed by atoms with Crippen LogP contribution in [0.1, 0.15) is 27.0 Å². The molecule has 0 atom stereocenters.